The molecule has 0 aromatic heterocycles. The smallest absolute Gasteiger partial charge is 0.238 e. The normalized spacial score (nSPS) is 22.8. The third-order valence-corrected chi connectivity index (χ3v) is 9.76. The Balaban J connectivity index is 1.66. The van der Waals surface area contributed by atoms with E-state index in [2.05, 4.69) is 0 Å². The first-order valence-electron chi connectivity index (χ1n) is 14.9. The van der Waals surface area contributed by atoms with Gasteiger partial charge in [-0.2, -0.15) is 0 Å². The van der Waals surface area contributed by atoms with Gasteiger partial charge in [-0.25, -0.2) is 0 Å². The molecule has 3 fully saturated rings. The van der Waals surface area contributed by atoms with Crippen LogP contribution in [0.3, 0.4) is 0 Å². The van der Waals surface area contributed by atoms with Crippen LogP contribution in [0, 0.1) is 5.41 Å². The second kappa shape index (κ2) is 11.4. The summed E-state index contributed by atoms with van der Waals surface area (Å²) in [4.78, 5) is 29.3. The lowest BCUT2D eigenvalue weighted by molar-refractivity contribution is -0.171. The molecule has 0 unspecified atom stereocenters. The number of nitrogens with zero attached hydrogens (tertiary/aromatic N) is 1. The van der Waals surface area contributed by atoms with E-state index < -0.39 is 34.6 Å². The Kier molecular flexibility index (Phi) is 8.16. The van der Waals surface area contributed by atoms with Gasteiger partial charge in [-0.1, -0.05) is 99.2 Å². The van der Waals surface area contributed by atoms with Crippen molar-refractivity contribution in [1.82, 2.24) is 4.90 Å². The minimum Gasteiger partial charge on any atom is -0.388 e. The summed E-state index contributed by atoms with van der Waals surface area (Å²) in [5.74, 6) is -0.907. The summed E-state index contributed by atoms with van der Waals surface area (Å²) in [6.07, 6.45) is 9.78. The third kappa shape index (κ3) is 5.78. The molecule has 0 saturated heterocycles. The summed E-state index contributed by atoms with van der Waals surface area (Å²) >= 11 is 0. The highest BCUT2D eigenvalue weighted by atomic mass is 16.3. The molecule has 3 aliphatic carbocycles. The Bertz CT molecular complexity index is 1050. The fraction of sp³-hybridized carbons (Fsp3) is 0.576. The summed E-state index contributed by atoms with van der Waals surface area (Å²) in [5.41, 5.74) is 4.46. The molecule has 6 heteroatoms. The Hall–Kier alpha value is -2.70. The van der Waals surface area contributed by atoms with E-state index in [4.69, 9.17) is 5.73 Å². The van der Waals surface area contributed by atoms with Crippen LogP contribution in [0.2, 0.25) is 0 Å². The second-order valence-corrected chi connectivity index (χ2v) is 12.4. The maximum Gasteiger partial charge on any atom is 0.238 e. The Morgan fingerprint density at radius 1 is 0.667 bits per heavy atom. The van der Waals surface area contributed by atoms with Crippen LogP contribution in [0.25, 0.3) is 0 Å². The number of carbonyl (C=O) groups is 2. The number of hydrogen-bond donors (Lipinski definition) is 3. The van der Waals surface area contributed by atoms with Crippen molar-refractivity contribution in [3.63, 3.8) is 0 Å². The van der Waals surface area contributed by atoms with Crippen LogP contribution in [-0.4, -0.2) is 50.2 Å². The van der Waals surface area contributed by atoms with Crippen molar-refractivity contribution in [2.75, 3.05) is 0 Å². The molecule has 0 aliphatic heterocycles. The predicted octanol–water partition coefficient (Wildman–Crippen LogP) is 4.69. The third-order valence-electron chi connectivity index (χ3n) is 9.76. The monoisotopic (exact) mass is 532 g/mol. The van der Waals surface area contributed by atoms with Crippen molar-refractivity contribution < 1.29 is 19.8 Å². The van der Waals surface area contributed by atoms with Gasteiger partial charge in [-0.15, -0.1) is 0 Å². The zero-order valence-corrected chi connectivity index (χ0v) is 23.1. The lowest BCUT2D eigenvalue weighted by atomic mass is 9.72. The zero-order valence-electron chi connectivity index (χ0n) is 23.1. The van der Waals surface area contributed by atoms with Crippen molar-refractivity contribution in [3.05, 3.63) is 71.8 Å². The Morgan fingerprint density at radius 3 is 1.38 bits per heavy atom. The maximum atomic E-state index is 14.7. The molecule has 2 atom stereocenters. The van der Waals surface area contributed by atoms with Crippen molar-refractivity contribution in [3.8, 4) is 0 Å². The molecule has 2 aromatic rings. The molecule has 5 rings (SSSR count). The van der Waals surface area contributed by atoms with E-state index in [1.54, 1.807) is 4.90 Å². The van der Waals surface area contributed by atoms with Gasteiger partial charge in [0.25, 0.3) is 0 Å². The lowest BCUT2D eigenvalue weighted by Crippen LogP contribution is -2.67. The summed E-state index contributed by atoms with van der Waals surface area (Å²) in [5, 5.41) is 24.7. The molecule has 3 saturated carbocycles. The highest BCUT2D eigenvalue weighted by Gasteiger charge is 2.61. The molecule has 0 heterocycles. The summed E-state index contributed by atoms with van der Waals surface area (Å²) in [7, 11) is 0. The van der Waals surface area contributed by atoms with Gasteiger partial charge in [0.05, 0.1) is 23.3 Å². The van der Waals surface area contributed by atoms with E-state index in [9.17, 15) is 19.8 Å². The quantitative estimate of drug-likeness (QED) is 0.386. The molecular formula is C33H44N2O4. The molecule has 39 heavy (non-hydrogen) atoms. The summed E-state index contributed by atoms with van der Waals surface area (Å²) in [6, 6.07) is 18.8. The summed E-state index contributed by atoms with van der Waals surface area (Å²) < 4.78 is 0. The minimum absolute atomic E-state index is 0.310. The van der Waals surface area contributed by atoms with E-state index >= 15 is 0 Å². The van der Waals surface area contributed by atoms with Gasteiger partial charge in [0.2, 0.25) is 11.8 Å². The van der Waals surface area contributed by atoms with E-state index in [1.165, 1.54) is 0 Å². The SMILES string of the molecule is NC(=O)C1(C(=O)N([C@H](Cc2ccccc2)C2(O)CCCCC2)[C@H](Cc2ccccc2)C2(O)CCCCC2)CC1. The fourth-order valence-corrected chi connectivity index (χ4v) is 7.20. The van der Waals surface area contributed by atoms with Gasteiger partial charge < -0.3 is 20.8 Å². The van der Waals surface area contributed by atoms with Crippen LogP contribution in [0.4, 0.5) is 0 Å². The van der Waals surface area contributed by atoms with Gasteiger partial charge in [-0.05, 0) is 62.5 Å². The molecule has 0 spiro atoms. The van der Waals surface area contributed by atoms with Gasteiger partial charge in [0.15, 0.2) is 0 Å². The van der Waals surface area contributed by atoms with E-state index in [1.807, 2.05) is 60.7 Å². The molecular weight excluding hydrogens is 488 g/mol. The Labute approximate surface area is 232 Å². The Morgan fingerprint density at radius 2 is 1.05 bits per heavy atom. The van der Waals surface area contributed by atoms with Gasteiger partial charge in [-0.3, -0.25) is 9.59 Å². The van der Waals surface area contributed by atoms with Crippen molar-refractivity contribution in [2.24, 2.45) is 11.1 Å². The largest absolute Gasteiger partial charge is 0.388 e. The molecule has 0 bridgehead atoms. The van der Waals surface area contributed by atoms with Crippen LogP contribution in [-0.2, 0) is 22.4 Å². The number of amides is 2. The van der Waals surface area contributed by atoms with E-state index in [0.717, 1.165) is 49.7 Å². The van der Waals surface area contributed by atoms with Crippen molar-refractivity contribution in [2.45, 2.75) is 113 Å². The van der Waals surface area contributed by atoms with Crippen LogP contribution in [0.5, 0.6) is 0 Å². The molecule has 210 valence electrons. The molecule has 6 nitrogen and oxygen atoms in total. The first-order chi connectivity index (χ1) is 18.8. The van der Waals surface area contributed by atoms with Crippen LogP contribution in [0.15, 0.2) is 60.7 Å². The second-order valence-electron chi connectivity index (χ2n) is 12.4. The topological polar surface area (TPSA) is 104 Å². The zero-order chi connectivity index (χ0) is 27.5. The number of hydrogen-bond acceptors (Lipinski definition) is 4. The van der Waals surface area contributed by atoms with Gasteiger partial charge in [0, 0.05) is 0 Å². The summed E-state index contributed by atoms with van der Waals surface area (Å²) in [6.45, 7) is 0. The first-order valence-corrected chi connectivity index (χ1v) is 14.9. The maximum absolute atomic E-state index is 14.7. The molecule has 2 aromatic carbocycles. The fourth-order valence-electron chi connectivity index (χ4n) is 7.20. The molecule has 4 N–H and O–H groups in total. The standard InChI is InChI=1S/C33H44N2O4/c34-29(36)31(21-22-31)30(37)35(27(23-25-13-5-1-6-14-25)32(38)17-9-3-10-18-32)28(24-26-15-7-2-8-16-26)33(39)19-11-4-12-20-33/h1-2,5-8,13-16,27-28,38-39H,3-4,9-12,17-24H2,(H2,34,36)/t27-,28-/m1/s1. The number of nitrogens with two attached hydrogens (primary N) is 1. The van der Waals surface area contributed by atoms with Crippen LogP contribution < -0.4 is 5.73 Å². The van der Waals surface area contributed by atoms with E-state index in [-0.39, 0.29) is 5.91 Å². The number of aliphatic hydroxyl groups is 2. The number of carbonyl (C=O) groups excluding carboxylic acids is 2. The molecule has 0 radical (unpaired) electrons. The first kappa shape index (κ1) is 27.9. The molecule has 3 aliphatic rings. The number of benzene rings is 2. The van der Waals surface area contributed by atoms with Crippen molar-refractivity contribution >= 4 is 11.8 Å². The van der Waals surface area contributed by atoms with Gasteiger partial charge >= 0.3 is 0 Å². The minimum atomic E-state index is -1.25. The lowest BCUT2D eigenvalue weighted by Gasteiger charge is -2.53. The average molecular weight is 533 g/mol. The van der Waals surface area contributed by atoms with Crippen LogP contribution in [0.1, 0.15) is 88.2 Å². The number of rotatable bonds is 10. The molecule has 2 amide bonds. The van der Waals surface area contributed by atoms with Crippen molar-refractivity contribution in [1.29, 1.82) is 0 Å². The number of primary amides is 1. The highest BCUT2D eigenvalue weighted by Crippen LogP contribution is 2.50. The van der Waals surface area contributed by atoms with Crippen LogP contribution >= 0.6 is 0 Å². The van der Waals surface area contributed by atoms with E-state index in [0.29, 0.717) is 51.4 Å². The highest BCUT2D eigenvalue weighted by molar-refractivity contribution is 6.07. The predicted molar refractivity (Wildman–Crippen MR) is 152 cm³/mol. The van der Waals surface area contributed by atoms with Gasteiger partial charge in [0.1, 0.15) is 5.41 Å². The average Bonchev–Trinajstić information content (AvgIpc) is 3.76.